The molecule has 0 aliphatic heterocycles. The third-order valence-electron chi connectivity index (χ3n) is 2.17. The Bertz CT molecular complexity index is 442. The van der Waals surface area contributed by atoms with Crippen molar-refractivity contribution in [3.63, 3.8) is 0 Å². The van der Waals surface area contributed by atoms with E-state index in [-0.39, 0.29) is 5.91 Å². The standard InChI is InChI=1S/C12H15N3O3/c1-3-6-13-11(16)9-4-5-10(14-7-9)15-8(2)12(17)18/h3-5,7-8H,1,6H2,2H3,(H,13,16)(H,14,15)(H,17,18). The number of pyridine rings is 1. The predicted octanol–water partition coefficient (Wildman–Crippen LogP) is 0.882. The van der Waals surface area contributed by atoms with Gasteiger partial charge < -0.3 is 15.7 Å². The molecule has 0 radical (unpaired) electrons. The Morgan fingerprint density at radius 1 is 1.56 bits per heavy atom. The molecule has 6 heteroatoms. The van der Waals surface area contributed by atoms with Crippen molar-refractivity contribution >= 4 is 17.7 Å². The fraction of sp³-hybridized carbons (Fsp3) is 0.250. The van der Waals surface area contributed by atoms with Gasteiger partial charge in [-0.15, -0.1) is 6.58 Å². The molecule has 1 heterocycles. The zero-order chi connectivity index (χ0) is 13.5. The Kier molecular flexibility index (Phi) is 4.86. The molecule has 3 N–H and O–H groups in total. The molecule has 1 aromatic rings. The highest BCUT2D eigenvalue weighted by molar-refractivity contribution is 5.94. The number of rotatable bonds is 6. The molecular formula is C12H15N3O3. The second kappa shape index (κ2) is 6.39. The molecule has 1 unspecified atom stereocenters. The quantitative estimate of drug-likeness (QED) is 0.651. The van der Waals surface area contributed by atoms with E-state index >= 15 is 0 Å². The number of hydrogen-bond acceptors (Lipinski definition) is 4. The lowest BCUT2D eigenvalue weighted by molar-refractivity contribution is -0.137. The largest absolute Gasteiger partial charge is 0.480 e. The average Bonchev–Trinajstić information content (AvgIpc) is 2.36. The average molecular weight is 249 g/mol. The van der Waals surface area contributed by atoms with Gasteiger partial charge in [0, 0.05) is 12.7 Å². The number of nitrogens with one attached hydrogen (secondary N) is 2. The lowest BCUT2D eigenvalue weighted by atomic mass is 10.2. The van der Waals surface area contributed by atoms with E-state index in [1.165, 1.54) is 13.1 Å². The summed E-state index contributed by atoms with van der Waals surface area (Å²) in [4.78, 5) is 26.1. The van der Waals surface area contributed by atoms with E-state index in [0.717, 1.165) is 0 Å². The van der Waals surface area contributed by atoms with Gasteiger partial charge >= 0.3 is 5.97 Å². The fourth-order valence-corrected chi connectivity index (χ4v) is 1.16. The highest BCUT2D eigenvalue weighted by atomic mass is 16.4. The minimum absolute atomic E-state index is 0.250. The van der Waals surface area contributed by atoms with Crippen LogP contribution in [0.4, 0.5) is 5.82 Å². The molecule has 0 aromatic carbocycles. The van der Waals surface area contributed by atoms with Crippen molar-refractivity contribution in [2.75, 3.05) is 11.9 Å². The van der Waals surface area contributed by atoms with E-state index in [1.807, 2.05) is 0 Å². The van der Waals surface area contributed by atoms with Crippen LogP contribution in [0.3, 0.4) is 0 Å². The second-order valence-corrected chi connectivity index (χ2v) is 3.64. The summed E-state index contributed by atoms with van der Waals surface area (Å²) in [7, 11) is 0. The number of carbonyl (C=O) groups excluding carboxylic acids is 1. The van der Waals surface area contributed by atoms with E-state index in [9.17, 15) is 9.59 Å². The molecule has 0 bridgehead atoms. The van der Waals surface area contributed by atoms with E-state index in [4.69, 9.17) is 5.11 Å². The van der Waals surface area contributed by atoms with Crippen molar-refractivity contribution in [2.45, 2.75) is 13.0 Å². The highest BCUT2D eigenvalue weighted by Gasteiger charge is 2.11. The first-order valence-electron chi connectivity index (χ1n) is 5.39. The van der Waals surface area contributed by atoms with Crippen molar-refractivity contribution in [1.29, 1.82) is 0 Å². The minimum Gasteiger partial charge on any atom is -0.480 e. The van der Waals surface area contributed by atoms with E-state index in [0.29, 0.717) is 17.9 Å². The van der Waals surface area contributed by atoms with Crippen LogP contribution in [0.2, 0.25) is 0 Å². The molecule has 0 saturated heterocycles. The van der Waals surface area contributed by atoms with Gasteiger partial charge in [0.15, 0.2) is 0 Å². The molecule has 0 fully saturated rings. The van der Waals surface area contributed by atoms with Gasteiger partial charge in [-0.2, -0.15) is 0 Å². The number of aromatic nitrogens is 1. The van der Waals surface area contributed by atoms with Crippen LogP contribution in [-0.2, 0) is 4.79 Å². The van der Waals surface area contributed by atoms with Gasteiger partial charge in [-0.3, -0.25) is 9.59 Å². The lowest BCUT2D eigenvalue weighted by Crippen LogP contribution is -2.26. The maximum absolute atomic E-state index is 11.5. The summed E-state index contributed by atoms with van der Waals surface area (Å²) in [6.45, 7) is 5.39. The Morgan fingerprint density at radius 2 is 2.28 bits per heavy atom. The maximum Gasteiger partial charge on any atom is 0.325 e. The smallest absolute Gasteiger partial charge is 0.325 e. The summed E-state index contributed by atoms with van der Waals surface area (Å²) in [6.07, 6.45) is 2.96. The number of anilines is 1. The molecule has 96 valence electrons. The first kappa shape index (κ1) is 13.7. The summed E-state index contributed by atoms with van der Waals surface area (Å²) in [5.41, 5.74) is 0.408. The van der Waals surface area contributed by atoms with Crippen molar-refractivity contribution in [1.82, 2.24) is 10.3 Å². The van der Waals surface area contributed by atoms with Crippen molar-refractivity contribution in [3.8, 4) is 0 Å². The van der Waals surface area contributed by atoms with Crippen LogP contribution in [0.1, 0.15) is 17.3 Å². The number of carboxylic acid groups (broad SMARTS) is 1. The molecule has 1 aromatic heterocycles. The molecule has 18 heavy (non-hydrogen) atoms. The molecule has 1 atom stereocenters. The first-order chi connectivity index (χ1) is 8.54. The van der Waals surface area contributed by atoms with Crippen molar-refractivity contribution in [3.05, 3.63) is 36.5 Å². The van der Waals surface area contributed by atoms with Gasteiger partial charge in [0.2, 0.25) is 0 Å². The van der Waals surface area contributed by atoms with Crippen LogP contribution in [0, 0.1) is 0 Å². The van der Waals surface area contributed by atoms with Gasteiger partial charge in [-0.25, -0.2) is 4.98 Å². The predicted molar refractivity (Wildman–Crippen MR) is 67.5 cm³/mol. The fourth-order valence-electron chi connectivity index (χ4n) is 1.16. The number of hydrogen-bond donors (Lipinski definition) is 3. The first-order valence-corrected chi connectivity index (χ1v) is 5.39. The molecule has 0 aliphatic rings. The number of amides is 1. The zero-order valence-corrected chi connectivity index (χ0v) is 10.0. The third kappa shape index (κ3) is 3.89. The van der Waals surface area contributed by atoms with Gasteiger partial charge in [0.25, 0.3) is 5.91 Å². The number of nitrogens with zero attached hydrogens (tertiary/aromatic N) is 1. The van der Waals surface area contributed by atoms with Gasteiger partial charge in [0.05, 0.1) is 5.56 Å². The normalized spacial score (nSPS) is 11.4. The topological polar surface area (TPSA) is 91.3 Å². The SMILES string of the molecule is C=CCNC(=O)c1ccc(NC(C)C(=O)O)nc1. The summed E-state index contributed by atoms with van der Waals surface area (Å²) >= 11 is 0. The van der Waals surface area contributed by atoms with E-state index in [1.54, 1.807) is 18.2 Å². The van der Waals surface area contributed by atoms with Crippen LogP contribution in [0.5, 0.6) is 0 Å². The second-order valence-electron chi connectivity index (χ2n) is 3.64. The number of aliphatic carboxylic acids is 1. The van der Waals surface area contributed by atoms with Crippen LogP contribution in [-0.4, -0.2) is 34.6 Å². The monoisotopic (exact) mass is 249 g/mol. The number of carbonyl (C=O) groups is 2. The Morgan fingerprint density at radius 3 is 2.78 bits per heavy atom. The zero-order valence-electron chi connectivity index (χ0n) is 10.0. The minimum atomic E-state index is -0.968. The molecule has 0 spiro atoms. The van der Waals surface area contributed by atoms with E-state index in [2.05, 4.69) is 22.2 Å². The van der Waals surface area contributed by atoms with Gasteiger partial charge in [-0.05, 0) is 19.1 Å². The summed E-state index contributed by atoms with van der Waals surface area (Å²) in [6, 6.07) is 2.39. The van der Waals surface area contributed by atoms with Crippen LogP contribution < -0.4 is 10.6 Å². The van der Waals surface area contributed by atoms with Crippen molar-refractivity contribution in [2.24, 2.45) is 0 Å². The molecule has 1 rings (SSSR count). The Hall–Kier alpha value is -2.37. The maximum atomic E-state index is 11.5. The molecule has 6 nitrogen and oxygen atoms in total. The van der Waals surface area contributed by atoms with Crippen LogP contribution in [0.15, 0.2) is 31.0 Å². The third-order valence-corrected chi connectivity index (χ3v) is 2.17. The molecule has 0 aliphatic carbocycles. The van der Waals surface area contributed by atoms with Crippen molar-refractivity contribution < 1.29 is 14.7 Å². The Balaban J connectivity index is 2.65. The Labute approximate surface area is 105 Å². The molecule has 1 amide bonds. The lowest BCUT2D eigenvalue weighted by Gasteiger charge is -2.10. The molecule has 0 saturated carbocycles. The number of carboxylic acids is 1. The van der Waals surface area contributed by atoms with Crippen LogP contribution in [0.25, 0.3) is 0 Å². The van der Waals surface area contributed by atoms with E-state index < -0.39 is 12.0 Å². The molecular weight excluding hydrogens is 234 g/mol. The van der Waals surface area contributed by atoms with Gasteiger partial charge in [-0.1, -0.05) is 6.08 Å². The van der Waals surface area contributed by atoms with Gasteiger partial charge in [0.1, 0.15) is 11.9 Å². The summed E-state index contributed by atoms with van der Waals surface area (Å²) < 4.78 is 0. The highest BCUT2D eigenvalue weighted by Crippen LogP contribution is 2.06. The summed E-state index contributed by atoms with van der Waals surface area (Å²) in [5, 5.41) is 14.0. The summed E-state index contributed by atoms with van der Waals surface area (Å²) in [5.74, 6) is -0.810. The van der Waals surface area contributed by atoms with Crippen LogP contribution >= 0.6 is 0 Å².